The number of carbonyl (C=O) groups is 2. The quantitative estimate of drug-likeness (QED) is 0.586. The van der Waals surface area contributed by atoms with Gasteiger partial charge in [-0.15, -0.1) is 0 Å². The highest BCUT2D eigenvalue weighted by molar-refractivity contribution is 6.44. The van der Waals surface area contributed by atoms with Crippen LogP contribution >= 0.6 is 23.2 Å². The van der Waals surface area contributed by atoms with E-state index in [1.54, 1.807) is 0 Å². The molecule has 0 fully saturated rings. The van der Waals surface area contributed by atoms with Gasteiger partial charge in [0.15, 0.2) is 0 Å². The Morgan fingerprint density at radius 2 is 1.33 bits per heavy atom. The van der Waals surface area contributed by atoms with Gasteiger partial charge >= 0.3 is 11.8 Å². The van der Waals surface area contributed by atoms with Gasteiger partial charge in [0.1, 0.15) is 5.75 Å². The highest BCUT2D eigenvalue weighted by Crippen LogP contribution is 2.25. The van der Waals surface area contributed by atoms with E-state index in [0.29, 0.717) is 16.4 Å². The zero-order valence-corrected chi connectivity index (χ0v) is 12.1. The molecule has 0 unspecified atom stereocenters. The lowest BCUT2D eigenvalue weighted by Gasteiger charge is -2.07. The third-order valence-corrected chi connectivity index (χ3v) is 3.25. The summed E-state index contributed by atoms with van der Waals surface area (Å²) in [6, 6.07) is 10.2. The fourth-order valence-corrected chi connectivity index (χ4v) is 1.79. The third kappa shape index (κ3) is 4.11. The Balaban J connectivity index is 2.00. The number of amides is 2. The molecule has 0 aliphatic heterocycles. The smallest absolute Gasteiger partial charge is 0.314 e. The standard InChI is InChI=1S/C14H10Cl2N2O3/c15-11-6-3-9(7-12(11)16)18-14(21)13(20)17-8-1-4-10(19)5-2-8/h1-7,19H,(H,17,20)(H,18,21). The lowest BCUT2D eigenvalue weighted by molar-refractivity contribution is -0.132. The van der Waals surface area contributed by atoms with E-state index in [9.17, 15) is 9.59 Å². The molecule has 0 aliphatic carbocycles. The second-order valence-electron chi connectivity index (χ2n) is 4.08. The fraction of sp³-hybridized carbons (Fsp3) is 0. The Kier molecular flexibility index (Phi) is 4.67. The van der Waals surface area contributed by atoms with Gasteiger partial charge in [0.05, 0.1) is 10.0 Å². The van der Waals surface area contributed by atoms with Crippen LogP contribution in [0.3, 0.4) is 0 Å². The molecule has 2 aromatic rings. The van der Waals surface area contributed by atoms with Gasteiger partial charge in [-0.05, 0) is 42.5 Å². The van der Waals surface area contributed by atoms with Crippen LogP contribution in [0.2, 0.25) is 10.0 Å². The van der Waals surface area contributed by atoms with Crippen molar-refractivity contribution >= 4 is 46.4 Å². The largest absolute Gasteiger partial charge is 0.508 e. The first-order chi connectivity index (χ1) is 9.95. The van der Waals surface area contributed by atoms with Crippen molar-refractivity contribution in [3.8, 4) is 5.75 Å². The van der Waals surface area contributed by atoms with Gasteiger partial charge in [-0.3, -0.25) is 9.59 Å². The molecule has 5 nitrogen and oxygen atoms in total. The van der Waals surface area contributed by atoms with Crippen molar-refractivity contribution in [2.24, 2.45) is 0 Å². The summed E-state index contributed by atoms with van der Waals surface area (Å²) >= 11 is 11.6. The minimum atomic E-state index is -0.846. The molecule has 2 rings (SSSR count). The van der Waals surface area contributed by atoms with E-state index in [1.165, 1.54) is 42.5 Å². The van der Waals surface area contributed by atoms with Crippen molar-refractivity contribution < 1.29 is 14.7 Å². The lowest BCUT2D eigenvalue weighted by atomic mass is 10.3. The number of benzene rings is 2. The molecule has 2 aromatic carbocycles. The number of hydrogen-bond donors (Lipinski definition) is 3. The minimum Gasteiger partial charge on any atom is -0.508 e. The van der Waals surface area contributed by atoms with Crippen LogP contribution in [-0.4, -0.2) is 16.9 Å². The Morgan fingerprint density at radius 1 is 0.810 bits per heavy atom. The van der Waals surface area contributed by atoms with Crippen molar-refractivity contribution in [2.45, 2.75) is 0 Å². The number of aromatic hydroxyl groups is 1. The number of carbonyl (C=O) groups excluding carboxylic acids is 2. The second kappa shape index (κ2) is 6.47. The molecule has 0 spiro atoms. The molecule has 0 saturated heterocycles. The molecule has 0 atom stereocenters. The maximum absolute atomic E-state index is 11.7. The topological polar surface area (TPSA) is 78.4 Å². The van der Waals surface area contributed by atoms with Crippen LogP contribution in [0.1, 0.15) is 0 Å². The van der Waals surface area contributed by atoms with Gasteiger partial charge in [-0.2, -0.15) is 0 Å². The summed E-state index contributed by atoms with van der Waals surface area (Å²) in [4.78, 5) is 23.4. The van der Waals surface area contributed by atoms with E-state index in [1.807, 2.05) is 0 Å². The number of phenols is 1. The Labute approximate surface area is 130 Å². The van der Waals surface area contributed by atoms with E-state index in [0.717, 1.165) is 0 Å². The zero-order chi connectivity index (χ0) is 15.4. The first-order valence-corrected chi connectivity index (χ1v) is 6.58. The maximum atomic E-state index is 11.7. The molecule has 108 valence electrons. The van der Waals surface area contributed by atoms with Crippen LogP contribution in [0.5, 0.6) is 5.75 Å². The van der Waals surface area contributed by atoms with Crippen LogP contribution < -0.4 is 10.6 Å². The van der Waals surface area contributed by atoms with Crippen LogP contribution in [-0.2, 0) is 9.59 Å². The summed E-state index contributed by atoms with van der Waals surface area (Å²) in [7, 11) is 0. The van der Waals surface area contributed by atoms with E-state index in [2.05, 4.69) is 10.6 Å². The molecule has 2 amide bonds. The molecular weight excluding hydrogens is 315 g/mol. The maximum Gasteiger partial charge on any atom is 0.314 e. The fourth-order valence-electron chi connectivity index (χ4n) is 1.49. The average Bonchev–Trinajstić information content (AvgIpc) is 2.45. The van der Waals surface area contributed by atoms with E-state index < -0.39 is 11.8 Å². The third-order valence-electron chi connectivity index (χ3n) is 2.51. The molecule has 3 N–H and O–H groups in total. The van der Waals surface area contributed by atoms with Crippen LogP contribution in [0, 0.1) is 0 Å². The summed E-state index contributed by atoms with van der Waals surface area (Å²) in [5, 5.41) is 14.5. The average molecular weight is 325 g/mol. The lowest BCUT2D eigenvalue weighted by Crippen LogP contribution is -2.29. The molecule has 0 radical (unpaired) electrons. The number of halogens is 2. The highest BCUT2D eigenvalue weighted by Gasteiger charge is 2.14. The molecule has 0 aromatic heterocycles. The molecule has 0 bridgehead atoms. The SMILES string of the molecule is O=C(Nc1ccc(O)cc1)C(=O)Nc1ccc(Cl)c(Cl)c1. The number of phenolic OH excluding ortho intramolecular Hbond substituents is 1. The number of rotatable bonds is 2. The summed E-state index contributed by atoms with van der Waals surface area (Å²) in [5.74, 6) is -1.62. The molecule has 0 heterocycles. The van der Waals surface area contributed by atoms with E-state index in [4.69, 9.17) is 28.3 Å². The van der Waals surface area contributed by atoms with Gasteiger partial charge in [-0.1, -0.05) is 23.2 Å². The molecule has 7 heteroatoms. The predicted molar refractivity (Wildman–Crippen MR) is 81.8 cm³/mol. The normalized spacial score (nSPS) is 10.0. The van der Waals surface area contributed by atoms with Crippen molar-refractivity contribution in [1.29, 1.82) is 0 Å². The summed E-state index contributed by atoms with van der Waals surface area (Å²) in [5.41, 5.74) is 0.748. The summed E-state index contributed by atoms with van der Waals surface area (Å²) in [6.45, 7) is 0. The van der Waals surface area contributed by atoms with Gasteiger partial charge in [0.25, 0.3) is 0 Å². The van der Waals surface area contributed by atoms with E-state index >= 15 is 0 Å². The van der Waals surface area contributed by atoms with Gasteiger partial charge in [0.2, 0.25) is 0 Å². The predicted octanol–water partition coefficient (Wildman–Crippen LogP) is 3.28. The molecule has 21 heavy (non-hydrogen) atoms. The van der Waals surface area contributed by atoms with Crippen molar-refractivity contribution in [1.82, 2.24) is 0 Å². The van der Waals surface area contributed by atoms with Gasteiger partial charge in [0, 0.05) is 11.4 Å². The summed E-state index contributed by atoms with van der Waals surface area (Å²) < 4.78 is 0. The molecule has 0 aliphatic rings. The van der Waals surface area contributed by atoms with Crippen LogP contribution in [0.25, 0.3) is 0 Å². The Hall–Kier alpha value is -2.24. The summed E-state index contributed by atoms with van der Waals surface area (Å²) in [6.07, 6.45) is 0. The molecule has 0 saturated carbocycles. The number of nitrogens with one attached hydrogen (secondary N) is 2. The first-order valence-electron chi connectivity index (χ1n) is 5.82. The Morgan fingerprint density at radius 3 is 1.90 bits per heavy atom. The van der Waals surface area contributed by atoms with Gasteiger partial charge < -0.3 is 15.7 Å². The molecular formula is C14H10Cl2N2O3. The van der Waals surface area contributed by atoms with Crippen LogP contribution in [0.15, 0.2) is 42.5 Å². The van der Waals surface area contributed by atoms with Crippen molar-refractivity contribution in [3.63, 3.8) is 0 Å². The first kappa shape index (κ1) is 15.2. The Bertz CT molecular complexity index is 687. The number of hydrogen-bond acceptors (Lipinski definition) is 3. The minimum absolute atomic E-state index is 0.0632. The number of anilines is 2. The van der Waals surface area contributed by atoms with Crippen LogP contribution in [0.4, 0.5) is 11.4 Å². The van der Waals surface area contributed by atoms with Crippen molar-refractivity contribution in [3.05, 3.63) is 52.5 Å². The van der Waals surface area contributed by atoms with E-state index in [-0.39, 0.29) is 10.8 Å². The highest BCUT2D eigenvalue weighted by atomic mass is 35.5. The van der Waals surface area contributed by atoms with Gasteiger partial charge in [-0.25, -0.2) is 0 Å². The monoisotopic (exact) mass is 324 g/mol. The van der Waals surface area contributed by atoms with Crippen molar-refractivity contribution in [2.75, 3.05) is 10.6 Å². The second-order valence-corrected chi connectivity index (χ2v) is 4.90. The zero-order valence-electron chi connectivity index (χ0n) is 10.6.